The highest BCUT2D eigenvalue weighted by molar-refractivity contribution is 5.79. The van der Waals surface area contributed by atoms with Crippen LogP contribution in [0.15, 0.2) is 30.3 Å². The molecule has 0 unspecified atom stereocenters. The van der Waals surface area contributed by atoms with E-state index in [-0.39, 0.29) is 5.54 Å². The number of carbonyl (C=O) groups is 1. The topological polar surface area (TPSA) is 26.8 Å². The molecule has 2 aliphatic rings. The molecule has 4 nitrogen and oxygen atoms in total. The monoisotopic (exact) mass is 357 g/mol. The predicted molar refractivity (Wildman–Crippen MR) is 107 cm³/mol. The molecule has 0 spiro atoms. The van der Waals surface area contributed by atoms with Crippen LogP contribution in [0.4, 0.5) is 0 Å². The average molecular weight is 358 g/mol. The first-order valence-electron chi connectivity index (χ1n) is 10.1. The number of nitrogens with zero attached hydrogens (tertiary/aromatic N) is 3. The number of rotatable bonds is 4. The van der Waals surface area contributed by atoms with Crippen molar-refractivity contribution < 1.29 is 4.79 Å². The summed E-state index contributed by atoms with van der Waals surface area (Å²) >= 11 is 0. The summed E-state index contributed by atoms with van der Waals surface area (Å²) in [5, 5.41) is 0. The highest BCUT2D eigenvalue weighted by Gasteiger charge is 2.52. The van der Waals surface area contributed by atoms with Crippen LogP contribution in [0.3, 0.4) is 0 Å². The van der Waals surface area contributed by atoms with Gasteiger partial charge in [-0.1, -0.05) is 43.2 Å². The van der Waals surface area contributed by atoms with E-state index in [2.05, 4.69) is 54.1 Å². The van der Waals surface area contributed by atoms with Crippen molar-refractivity contribution in [2.24, 2.45) is 0 Å². The maximum atomic E-state index is 13.2. The summed E-state index contributed by atoms with van der Waals surface area (Å²) in [5.74, 6) is 0.290. The van der Waals surface area contributed by atoms with Gasteiger partial charge in [0.2, 0.25) is 5.91 Å². The Kier molecular flexibility index (Phi) is 6.03. The molecule has 0 saturated carbocycles. The van der Waals surface area contributed by atoms with E-state index in [4.69, 9.17) is 0 Å². The Morgan fingerprint density at radius 3 is 2.62 bits per heavy atom. The van der Waals surface area contributed by atoms with E-state index in [0.29, 0.717) is 24.5 Å². The van der Waals surface area contributed by atoms with Gasteiger partial charge in [-0.15, -0.1) is 0 Å². The molecule has 1 aromatic rings. The highest BCUT2D eigenvalue weighted by Crippen LogP contribution is 2.42. The van der Waals surface area contributed by atoms with Gasteiger partial charge in [0.1, 0.15) is 0 Å². The van der Waals surface area contributed by atoms with Gasteiger partial charge in [0.25, 0.3) is 0 Å². The van der Waals surface area contributed by atoms with E-state index in [0.717, 1.165) is 25.8 Å². The van der Waals surface area contributed by atoms with Crippen molar-refractivity contribution in [2.45, 2.75) is 63.1 Å². The number of likely N-dealkylation sites (N-methyl/N-ethyl adjacent to an activating group) is 2. The van der Waals surface area contributed by atoms with Crippen molar-refractivity contribution >= 4 is 5.91 Å². The van der Waals surface area contributed by atoms with Gasteiger partial charge in [-0.2, -0.15) is 0 Å². The molecule has 2 heterocycles. The molecule has 26 heavy (non-hydrogen) atoms. The minimum absolute atomic E-state index is 0.0852. The summed E-state index contributed by atoms with van der Waals surface area (Å²) in [4.78, 5) is 20.0. The van der Waals surface area contributed by atoms with Crippen molar-refractivity contribution in [3.8, 4) is 0 Å². The first-order chi connectivity index (χ1) is 12.4. The van der Waals surface area contributed by atoms with E-state index >= 15 is 0 Å². The largest absolute Gasteiger partial charge is 0.333 e. The van der Waals surface area contributed by atoms with Gasteiger partial charge in [-0.25, -0.2) is 0 Å². The molecule has 2 aliphatic heterocycles. The lowest BCUT2D eigenvalue weighted by molar-refractivity contribution is -0.136. The normalized spacial score (nSPS) is 30.1. The van der Waals surface area contributed by atoms with Gasteiger partial charge in [-0.05, 0) is 65.9 Å². The van der Waals surface area contributed by atoms with E-state index in [9.17, 15) is 4.79 Å². The minimum atomic E-state index is 0.0852. The molecule has 0 bridgehead atoms. The first kappa shape index (κ1) is 19.4. The molecule has 1 aromatic carbocycles. The molecule has 0 aliphatic carbocycles. The fraction of sp³-hybridized carbons (Fsp3) is 0.682. The van der Waals surface area contributed by atoms with Crippen LogP contribution in [0.5, 0.6) is 0 Å². The van der Waals surface area contributed by atoms with Crippen LogP contribution < -0.4 is 0 Å². The molecule has 0 radical (unpaired) electrons. The average Bonchev–Trinajstić information content (AvgIpc) is 2.86. The van der Waals surface area contributed by atoms with Gasteiger partial charge in [0.15, 0.2) is 0 Å². The number of carbonyl (C=O) groups excluding carboxylic acids is 1. The number of benzene rings is 1. The van der Waals surface area contributed by atoms with Crippen molar-refractivity contribution in [1.82, 2.24) is 14.7 Å². The zero-order chi connectivity index (χ0) is 18.7. The lowest BCUT2D eigenvalue weighted by Crippen LogP contribution is -2.56. The van der Waals surface area contributed by atoms with E-state index < -0.39 is 0 Å². The Labute approximate surface area is 159 Å². The van der Waals surface area contributed by atoms with Gasteiger partial charge in [-0.3, -0.25) is 9.69 Å². The van der Waals surface area contributed by atoms with Crippen LogP contribution in [0.2, 0.25) is 0 Å². The van der Waals surface area contributed by atoms with Crippen molar-refractivity contribution in [1.29, 1.82) is 0 Å². The molecule has 0 N–H and O–H groups in total. The zero-order valence-corrected chi connectivity index (χ0v) is 16.9. The summed E-state index contributed by atoms with van der Waals surface area (Å²) in [6.45, 7) is 4.03. The highest BCUT2D eigenvalue weighted by atomic mass is 16.2. The van der Waals surface area contributed by atoms with Crippen molar-refractivity contribution in [3.63, 3.8) is 0 Å². The quantitative estimate of drug-likeness (QED) is 0.829. The van der Waals surface area contributed by atoms with Crippen molar-refractivity contribution in [2.75, 3.05) is 34.2 Å². The summed E-state index contributed by atoms with van der Waals surface area (Å²) in [7, 11) is 6.24. The molecule has 144 valence electrons. The standard InChI is InChI=1S/C22H35N3O/c1-22-16-19(15-18-11-7-5-8-12-18)25(21(26)17-23(2)3)20(22)13-9-6-10-14-24(22)4/h5,7-8,11-12,19-20H,6,9-10,13-17H2,1-4H3/t19-,20+,22+/m1/s1. The summed E-state index contributed by atoms with van der Waals surface area (Å²) in [6.07, 6.45) is 6.94. The Bertz CT molecular complexity index is 603. The van der Waals surface area contributed by atoms with Crippen LogP contribution in [0, 0.1) is 0 Å². The second-order valence-electron chi connectivity index (χ2n) is 8.73. The number of fused-ring (bicyclic) bond motifs is 1. The SMILES string of the molecule is CN(C)CC(=O)N1[C@H](Cc2ccccc2)C[C@@]2(C)[C@@H]1CCCCCN2C. The fourth-order valence-corrected chi connectivity index (χ4v) is 5.03. The van der Waals surface area contributed by atoms with Crippen LogP contribution in [-0.2, 0) is 11.2 Å². The van der Waals surface area contributed by atoms with Gasteiger partial charge in [0, 0.05) is 11.6 Å². The lowest BCUT2D eigenvalue weighted by Gasteiger charge is -2.44. The molecule has 3 atom stereocenters. The fourth-order valence-electron chi connectivity index (χ4n) is 5.03. The van der Waals surface area contributed by atoms with E-state index in [1.165, 1.54) is 24.8 Å². The Balaban J connectivity index is 1.91. The molecule has 4 heteroatoms. The third-order valence-electron chi connectivity index (χ3n) is 6.49. The molecule has 3 rings (SSSR count). The third kappa shape index (κ3) is 3.96. The van der Waals surface area contributed by atoms with E-state index in [1.54, 1.807) is 0 Å². The maximum Gasteiger partial charge on any atom is 0.237 e. The molecule has 1 amide bonds. The molecular formula is C22H35N3O. The minimum Gasteiger partial charge on any atom is -0.333 e. The molecule has 0 aromatic heterocycles. The second-order valence-corrected chi connectivity index (χ2v) is 8.73. The Hall–Kier alpha value is -1.39. The summed E-state index contributed by atoms with van der Waals surface area (Å²) < 4.78 is 0. The third-order valence-corrected chi connectivity index (χ3v) is 6.49. The van der Waals surface area contributed by atoms with E-state index in [1.807, 2.05) is 19.0 Å². The van der Waals surface area contributed by atoms with Gasteiger partial charge >= 0.3 is 0 Å². The predicted octanol–water partition coefficient (Wildman–Crippen LogP) is 3.02. The first-order valence-corrected chi connectivity index (χ1v) is 10.1. The maximum absolute atomic E-state index is 13.2. The zero-order valence-electron chi connectivity index (χ0n) is 16.9. The Morgan fingerprint density at radius 1 is 1.19 bits per heavy atom. The van der Waals surface area contributed by atoms with Crippen molar-refractivity contribution in [3.05, 3.63) is 35.9 Å². The molecular weight excluding hydrogens is 322 g/mol. The number of likely N-dealkylation sites (tertiary alicyclic amines) is 2. The van der Waals surface area contributed by atoms with Crippen LogP contribution >= 0.6 is 0 Å². The number of hydrogen-bond donors (Lipinski definition) is 0. The summed E-state index contributed by atoms with van der Waals surface area (Å²) in [6, 6.07) is 11.3. The molecule has 2 fully saturated rings. The smallest absolute Gasteiger partial charge is 0.237 e. The molecule has 2 saturated heterocycles. The number of hydrogen-bond acceptors (Lipinski definition) is 3. The second kappa shape index (κ2) is 8.10. The van der Waals surface area contributed by atoms with Gasteiger partial charge < -0.3 is 9.80 Å². The van der Waals surface area contributed by atoms with Crippen LogP contribution in [0.25, 0.3) is 0 Å². The van der Waals surface area contributed by atoms with Crippen LogP contribution in [0.1, 0.15) is 44.6 Å². The lowest BCUT2D eigenvalue weighted by atomic mass is 9.84. The summed E-state index contributed by atoms with van der Waals surface area (Å²) in [5.41, 5.74) is 1.42. The van der Waals surface area contributed by atoms with Gasteiger partial charge in [0.05, 0.1) is 12.6 Å². The number of amides is 1. The Morgan fingerprint density at radius 2 is 1.92 bits per heavy atom. The van der Waals surface area contributed by atoms with Crippen LogP contribution in [-0.4, -0.2) is 72.5 Å².